The minimum absolute atomic E-state index is 0.0441. The van der Waals surface area contributed by atoms with E-state index in [0.717, 1.165) is 44.8 Å². The highest BCUT2D eigenvalue weighted by Crippen LogP contribution is 2.22. The highest BCUT2D eigenvalue weighted by atomic mass is 16.3. The van der Waals surface area contributed by atoms with E-state index in [4.69, 9.17) is 0 Å². The zero-order valence-corrected chi connectivity index (χ0v) is 18.2. The lowest BCUT2D eigenvalue weighted by molar-refractivity contribution is -0.115. The molecule has 4 rings (SSSR count). The van der Waals surface area contributed by atoms with Gasteiger partial charge in [0.15, 0.2) is 0 Å². The van der Waals surface area contributed by atoms with Gasteiger partial charge >= 0.3 is 0 Å². The smallest absolute Gasteiger partial charge is 0.238 e. The standard InChI is InChI=1S/C25H34N4O2/c30-19-21-18-28(17-20-6-2-1-3-7-20)15-12-24(21)26-16-25(31)27-22-8-10-23(11-9-22)29-13-4-5-14-29/h1-3,6-11,21,24,26,30H,4-5,12-19H2,(H,27,31)/t21-,24-/m1/s1. The summed E-state index contributed by atoms with van der Waals surface area (Å²) in [4.78, 5) is 17.2. The Morgan fingerprint density at radius 1 is 1.00 bits per heavy atom. The number of rotatable bonds is 8. The number of nitrogens with one attached hydrogen (secondary N) is 2. The van der Waals surface area contributed by atoms with E-state index in [0.29, 0.717) is 0 Å². The number of amides is 1. The Labute approximate surface area is 185 Å². The Hall–Kier alpha value is -2.41. The van der Waals surface area contributed by atoms with Crippen LogP contribution in [-0.2, 0) is 11.3 Å². The SMILES string of the molecule is O=C(CN[C@@H]1CCN(Cc2ccccc2)C[C@@H]1CO)Nc1ccc(N2CCCC2)cc1. The largest absolute Gasteiger partial charge is 0.396 e. The number of likely N-dealkylation sites (tertiary alicyclic amines) is 1. The first-order chi connectivity index (χ1) is 15.2. The summed E-state index contributed by atoms with van der Waals surface area (Å²) < 4.78 is 0. The fraction of sp³-hybridized carbons (Fsp3) is 0.480. The molecule has 0 radical (unpaired) electrons. The lowest BCUT2D eigenvalue weighted by Gasteiger charge is -2.38. The monoisotopic (exact) mass is 422 g/mol. The number of carbonyl (C=O) groups is 1. The first-order valence-electron chi connectivity index (χ1n) is 11.5. The molecule has 31 heavy (non-hydrogen) atoms. The van der Waals surface area contributed by atoms with Gasteiger partial charge in [-0.25, -0.2) is 0 Å². The predicted octanol–water partition coefficient (Wildman–Crippen LogP) is 2.70. The Morgan fingerprint density at radius 3 is 2.45 bits per heavy atom. The van der Waals surface area contributed by atoms with Crippen molar-refractivity contribution in [1.82, 2.24) is 10.2 Å². The molecule has 2 atom stereocenters. The Kier molecular flexibility index (Phi) is 7.57. The molecule has 0 aromatic heterocycles. The fourth-order valence-electron chi connectivity index (χ4n) is 4.71. The predicted molar refractivity (Wildman–Crippen MR) is 125 cm³/mol. The summed E-state index contributed by atoms with van der Waals surface area (Å²) in [5.41, 5.74) is 3.34. The average Bonchev–Trinajstić information content (AvgIpc) is 3.34. The zero-order chi connectivity index (χ0) is 21.5. The van der Waals surface area contributed by atoms with Crippen LogP contribution >= 0.6 is 0 Å². The van der Waals surface area contributed by atoms with Crippen molar-refractivity contribution in [3.05, 3.63) is 60.2 Å². The Morgan fingerprint density at radius 2 is 1.74 bits per heavy atom. The van der Waals surface area contributed by atoms with Crippen LogP contribution in [0.2, 0.25) is 0 Å². The van der Waals surface area contributed by atoms with Crippen LogP contribution in [0.15, 0.2) is 54.6 Å². The van der Waals surface area contributed by atoms with Crippen LogP contribution < -0.4 is 15.5 Å². The molecule has 1 amide bonds. The second-order valence-electron chi connectivity index (χ2n) is 8.73. The van der Waals surface area contributed by atoms with Gasteiger partial charge < -0.3 is 20.6 Å². The van der Waals surface area contributed by atoms with Crippen LogP contribution in [0.4, 0.5) is 11.4 Å². The maximum absolute atomic E-state index is 12.4. The summed E-state index contributed by atoms with van der Waals surface area (Å²) in [6, 6.07) is 18.7. The van der Waals surface area contributed by atoms with Gasteiger partial charge in [0.05, 0.1) is 6.54 Å². The quantitative estimate of drug-likeness (QED) is 0.610. The molecule has 0 bridgehead atoms. The van der Waals surface area contributed by atoms with E-state index >= 15 is 0 Å². The number of hydrogen-bond acceptors (Lipinski definition) is 5. The topological polar surface area (TPSA) is 67.8 Å². The van der Waals surface area contributed by atoms with E-state index in [1.54, 1.807) is 0 Å². The third kappa shape index (κ3) is 6.06. The number of aliphatic hydroxyl groups excluding tert-OH is 1. The van der Waals surface area contributed by atoms with E-state index in [9.17, 15) is 9.90 Å². The van der Waals surface area contributed by atoms with Gasteiger partial charge in [0.25, 0.3) is 0 Å². The molecule has 166 valence electrons. The molecule has 6 nitrogen and oxygen atoms in total. The minimum Gasteiger partial charge on any atom is -0.396 e. The van der Waals surface area contributed by atoms with E-state index in [1.165, 1.54) is 24.1 Å². The normalized spacial score (nSPS) is 21.9. The highest BCUT2D eigenvalue weighted by Gasteiger charge is 2.28. The summed E-state index contributed by atoms with van der Waals surface area (Å²) in [6.07, 6.45) is 3.43. The molecule has 2 aromatic rings. The molecule has 2 heterocycles. The molecule has 3 N–H and O–H groups in total. The minimum atomic E-state index is -0.0441. The summed E-state index contributed by atoms with van der Waals surface area (Å²) >= 11 is 0. The van der Waals surface area contributed by atoms with Gasteiger partial charge in [-0.2, -0.15) is 0 Å². The van der Waals surface area contributed by atoms with Crippen molar-refractivity contribution in [3.8, 4) is 0 Å². The van der Waals surface area contributed by atoms with Crippen LogP contribution in [0, 0.1) is 5.92 Å². The van der Waals surface area contributed by atoms with Crippen molar-refractivity contribution in [2.75, 3.05) is 49.5 Å². The third-order valence-corrected chi connectivity index (χ3v) is 6.45. The summed E-state index contributed by atoms with van der Waals surface area (Å²) in [5.74, 6) is 0.0855. The van der Waals surface area contributed by atoms with E-state index in [-0.39, 0.29) is 31.0 Å². The Balaban J connectivity index is 1.22. The van der Waals surface area contributed by atoms with Crippen LogP contribution in [0.25, 0.3) is 0 Å². The second kappa shape index (κ2) is 10.8. The first kappa shape index (κ1) is 21.8. The van der Waals surface area contributed by atoms with Gasteiger partial charge in [0.1, 0.15) is 0 Å². The van der Waals surface area contributed by atoms with Gasteiger partial charge in [-0.3, -0.25) is 9.69 Å². The first-order valence-corrected chi connectivity index (χ1v) is 11.5. The molecule has 2 aliphatic heterocycles. The maximum Gasteiger partial charge on any atom is 0.238 e. The van der Waals surface area contributed by atoms with Gasteiger partial charge in [-0.15, -0.1) is 0 Å². The molecular weight excluding hydrogens is 388 g/mol. The number of anilines is 2. The number of hydrogen-bond donors (Lipinski definition) is 3. The van der Waals surface area contributed by atoms with Crippen LogP contribution in [-0.4, -0.2) is 61.3 Å². The number of nitrogens with zero attached hydrogens (tertiary/aromatic N) is 2. The number of carbonyl (C=O) groups excluding carboxylic acids is 1. The molecule has 2 aliphatic rings. The van der Waals surface area contributed by atoms with E-state index in [2.05, 4.69) is 56.8 Å². The molecule has 2 fully saturated rings. The lowest BCUT2D eigenvalue weighted by Crippen LogP contribution is -2.51. The third-order valence-electron chi connectivity index (χ3n) is 6.45. The van der Waals surface area contributed by atoms with Gasteiger partial charge in [-0.05, 0) is 55.6 Å². The molecule has 0 unspecified atom stereocenters. The lowest BCUT2D eigenvalue weighted by atomic mass is 9.92. The van der Waals surface area contributed by atoms with Crippen molar-refractivity contribution < 1.29 is 9.90 Å². The van der Waals surface area contributed by atoms with E-state index in [1.807, 2.05) is 18.2 Å². The summed E-state index contributed by atoms with van der Waals surface area (Å²) in [7, 11) is 0. The van der Waals surface area contributed by atoms with Crippen molar-refractivity contribution in [2.24, 2.45) is 5.92 Å². The molecule has 0 saturated carbocycles. The van der Waals surface area contributed by atoms with Gasteiger partial charge in [0.2, 0.25) is 5.91 Å². The number of benzene rings is 2. The fourth-order valence-corrected chi connectivity index (χ4v) is 4.71. The highest BCUT2D eigenvalue weighted by molar-refractivity contribution is 5.92. The zero-order valence-electron chi connectivity index (χ0n) is 18.2. The molecular formula is C25H34N4O2. The van der Waals surface area contributed by atoms with Crippen molar-refractivity contribution in [2.45, 2.75) is 31.8 Å². The van der Waals surface area contributed by atoms with Crippen LogP contribution in [0.5, 0.6) is 0 Å². The van der Waals surface area contributed by atoms with Crippen LogP contribution in [0.1, 0.15) is 24.8 Å². The Bertz CT molecular complexity index is 821. The van der Waals surface area contributed by atoms with Crippen molar-refractivity contribution in [1.29, 1.82) is 0 Å². The summed E-state index contributed by atoms with van der Waals surface area (Å²) in [6.45, 7) is 5.32. The second-order valence-corrected chi connectivity index (χ2v) is 8.73. The molecule has 6 heteroatoms. The maximum atomic E-state index is 12.4. The van der Waals surface area contributed by atoms with Crippen molar-refractivity contribution >= 4 is 17.3 Å². The molecule has 2 aromatic carbocycles. The molecule has 0 aliphatic carbocycles. The van der Waals surface area contributed by atoms with E-state index < -0.39 is 0 Å². The number of piperidine rings is 1. The van der Waals surface area contributed by atoms with Gasteiger partial charge in [0, 0.05) is 56.1 Å². The molecule has 2 saturated heterocycles. The van der Waals surface area contributed by atoms with Gasteiger partial charge in [-0.1, -0.05) is 30.3 Å². The average molecular weight is 423 g/mol. The van der Waals surface area contributed by atoms with Crippen molar-refractivity contribution in [3.63, 3.8) is 0 Å². The van der Waals surface area contributed by atoms with Crippen LogP contribution in [0.3, 0.4) is 0 Å². The number of aliphatic hydroxyl groups is 1. The molecule has 0 spiro atoms. The summed E-state index contributed by atoms with van der Waals surface area (Å²) in [5, 5.41) is 16.2.